The lowest BCUT2D eigenvalue weighted by molar-refractivity contribution is 0.0696. The first-order valence-electron chi connectivity index (χ1n) is 7.12. The number of amides is 1. The molecule has 0 fully saturated rings. The Kier molecular flexibility index (Phi) is 5.95. The molecule has 0 spiro atoms. The molecule has 2 aromatic rings. The van der Waals surface area contributed by atoms with Gasteiger partial charge < -0.3 is 15.2 Å². The molecule has 0 atom stereocenters. The number of anilines is 1. The van der Waals surface area contributed by atoms with Crippen LogP contribution < -0.4 is 15.4 Å². The molecule has 0 bridgehead atoms. The van der Waals surface area contributed by atoms with Crippen LogP contribution in [0.5, 0.6) is 5.75 Å². The average molecular weight is 379 g/mol. The summed E-state index contributed by atoms with van der Waals surface area (Å²) in [6.07, 6.45) is 0. The number of thiocarbonyl (C=S) groups is 1. The maximum Gasteiger partial charge on any atom is 0.336 e. The van der Waals surface area contributed by atoms with E-state index < -0.39 is 11.9 Å². The topological polar surface area (TPSA) is 87.7 Å². The number of carboxylic acid groups (broad SMARTS) is 1. The Labute approximate surface area is 154 Å². The highest BCUT2D eigenvalue weighted by atomic mass is 35.5. The molecule has 3 N–H and O–H groups in total. The Morgan fingerprint density at radius 1 is 1.20 bits per heavy atom. The van der Waals surface area contributed by atoms with Gasteiger partial charge in [-0.3, -0.25) is 10.1 Å². The van der Waals surface area contributed by atoms with Crippen molar-refractivity contribution in [1.82, 2.24) is 5.32 Å². The highest BCUT2D eigenvalue weighted by molar-refractivity contribution is 7.80. The lowest BCUT2D eigenvalue weighted by Gasteiger charge is -2.14. The van der Waals surface area contributed by atoms with Gasteiger partial charge in [0.25, 0.3) is 5.91 Å². The number of carboxylic acids is 1. The second-order valence-electron chi connectivity index (χ2n) is 5.04. The lowest BCUT2D eigenvalue weighted by Crippen LogP contribution is -2.34. The molecule has 0 aliphatic rings. The first-order valence-corrected chi connectivity index (χ1v) is 7.91. The third kappa shape index (κ3) is 4.46. The van der Waals surface area contributed by atoms with Crippen LogP contribution in [0.15, 0.2) is 36.4 Å². The largest absolute Gasteiger partial charge is 0.496 e. The molecule has 0 saturated carbocycles. The second kappa shape index (κ2) is 7.96. The maximum absolute atomic E-state index is 12.4. The fourth-order valence-corrected chi connectivity index (χ4v) is 2.56. The van der Waals surface area contributed by atoms with E-state index in [9.17, 15) is 9.59 Å². The number of rotatable bonds is 4. The van der Waals surface area contributed by atoms with Crippen LogP contribution in [0.2, 0.25) is 5.02 Å². The number of hydrogen-bond donors (Lipinski definition) is 3. The smallest absolute Gasteiger partial charge is 0.336 e. The van der Waals surface area contributed by atoms with Gasteiger partial charge in [-0.15, -0.1) is 0 Å². The molecule has 0 aliphatic carbocycles. The van der Waals surface area contributed by atoms with Crippen LogP contribution >= 0.6 is 23.8 Å². The minimum absolute atomic E-state index is 0.0256. The molecule has 130 valence electrons. The third-order valence-electron chi connectivity index (χ3n) is 3.45. The van der Waals surface area contributed by atoms with Crippen molar-refractivity contribution in [2.45, 2.75) is 6.92 Å². The first kappa shape index (κ1) is 18.7. The molecule has 2 aromatic carbocycles. The van der Waals surface area contributed by atoms with Gasteiger partial charge in [0.15, 0.2) is 5.11 Å². The molecule has 8 heteroatoms. The maximum atomic E-state index is 12.4. The fourth-order valence-electron chi connectivity index (χ4n) is 2.18. The summed E-state index contributed by atoms with van der Waals surface area (Å²) in [5.41, 5.74) is 1.38. The van der Waals surface area contributed by atoms with Crippen LogP contribution in [0.1, 0.15) is 26.3 Å². The Morgan fingerprint density at radius 3 is 2.56 bits per heavy atom. The number of carbonyl (C=O) groups is 2. The average Bonchev–Trinajstić information content (AvgIpc) is 2.56. The van der Waals surface area contributed by atoms with Gasteiger partial charge in [0.1, 0.15) is 5.75 Å². The SMILES string of the molecule is COc1ccc(Cl)cc1C(=O)NC(=S)Nc1cccc(C(=O)O)c1C. The second-order valence-corrected chi connectivity index (χ2v) is 5.88. The minimum atomic E-state index is -1.04. The van der Waals surface area contributed by atoms with Gasteiger partial charge in [0, 0.05) is 10.7 Å². The summed E-state index contributed by atoms with van der Waals surface area (Å²) in [6, 6.07) is 9.39. The molecule has 0 heterocycles. The molecular formula is C17H15ClN2O4S. The Balaban J connectivity index is 2.16. The van der Waals surface area contributed by atoms with Gasteiger partial charge in [-0.05, 0) is 55.0 Å². The van der Waals surface area contributed by atoms with Crippen molar-refractivity contribution in [3.8, 4) is 5.75 Å². The van der Waals surface area contributed by atoms with Crippen molar-refractivity contribution in [2.24, 2.45) is 0 Å². The predicted octanol–water partition coefficient (Wildman–Crippen LogP) is 3.48. The summed E-state index contributed by atoms with van der Waals surface area (Å²) in [5, 5.41) is 14.9. The summed E-state index contributed by atoms with van der Waals surface area (Å²) in [7, 11) is 1.44. The van der Waals surface area contributed by atoms with E-state index in [0.29, 0.717) is 22.0 Å². The summed E-state index contributed by atoms with van der Waals surface area (Å²) >= 11 is 11.0. The normalized spacial score (nSPS) is 10.0. The predicted molar refractivity (Wildman–Crippen MR) is 99.8 cm³/mol. The van der Waals surface area contributed by atoms with Crippen molar-refractivity contribution >= 4 is 46.5 Å². The lowest BCUT2D eigenvalue weighted by atomic mass is 10.1. The zero-order valence-corrected chi connectivity index (χ0v) is 15.0. The Bertz CT molecular complexity index is 855. The number of nitrogens with one attached hydrogen (secondary N) is 2. The van der Waals surface area contributed by atoms with Crippen molar-refractivity contribution in [3.63, 3.8) is 0 Å². The van der Waals surface area contributed by atoms with E-state index in [0.717, 1.165) is 0 Å². The molecular weight excluding hydrogens is 364 g/mol. The van der Waals surface area contributed by atoms with E-state index in [1.807, 2.05) is 0 Å². The molecule has 0 saturated heterocycles. The van der Waals surface area contributed by atoms with Crippen LogP contribution in [-0.2, 0) is 0 Å². The van der Waals surface area contributed by atoms with Crippen molar-refractivity contribution < 1.29 is 19.4 Å². The van der Waals surface area contributed by atoms with Crippen molar-refractivity contribution in [3.05, 3.63) is 58.1 Å². The van der Waals surface area contributed by atoms with E-state index in [-0.39, 0.29) is 16.2 Å². The van der Waals surface area contributed by atoms with Gasteiger partial charge in [0.2, 0.25) is 0 Å². The number of carbonyl (C=O) groups excluding carboxylic acids is 1. The number of methoxy groups -OCH3 is 1. The van der Waals surface area contributed by atoms with Gasteiger partial charge >= 0.3 is 5.97 Å². The third-order valence-corrected chi connectivity index (χ3v) is 3.88. The van der Waals surface area contributed by atoms with Gasteiger partial charge in [-0.2, -0.15) is 0 Å². The zero-order valence-electron chi connectivity index (χ0n) is 13.4. The van der Waals surface area contributed by atoms with E-state index in [4.69, 9.17) is 33.7 Å². The molecule has 1 amide bonds. The molecule has 6 nitrogen and oxygen atoms in total. The molecule has 0 unspecified atom stereocenters. The standard InChI is InChI=1S/C17H15ClN2O4S/c1-9-11(16(22)23)4-3-5-13(9)19-17(25)20-15(21)12-8-10(18)6-7-14(12)24-2/h3-8H,1-2H3,(H,22,23)(H2,19,20,21,25). The molecule has 0 aromatic heterocycles. The summed E-state index contributed by atoms with van der Waals surface area (Å²) < 4.78 is 5.13. The Hall–Kier alpha value is -2.64. The highest BCUT2D eigenvalue weighted by Gasteiger charge is 2.16. The Morgan fingerprint density at radius 2 is 1.92 bits per heavy atom. The highest BCUT2D eigenvalue weighted by Crippen LogP contribution is 2.23. The summed E-state index contributed by atoms with van der Waals surface area (Å²) in [5.74, 6) is -1.18. The van der Waals surface area contributed by atoms with E-state index >= 15 is 0 Å². The monoisotopic (exact) mass is 378 g/mol. The van der Waals surface area contributed by atoms with E-state index in [2.05, 4.69) is 10.6 Å². The molecule has 0 aliphatic heterocycles. The molecule has 2 rings (SSSR count). The van der Waals surface area contributed by atoms with E-state index in [1.165, 1.54) is 19.2 Å². The van der Waals surface area contributed by atoms with Crippen LogP contribution in [0.4, 0.5) is 5.69 Å². The van der Waals surface area contributed by atoms with Crippen LogP contribution in [-0.4, -0.2) is 29.2 Å². The number of ether oxygens (including phenoxy) is 1. The van der Waals surface area contributed by atoms with E-state index in [1.54, 1.807) is 31.2 Å². The fraction of sp³-hybridized carbons (Fsp3) is 0.118. The minimum Gasteiger partial charge on any atom is -0.496 e. The van der Waals surface area contributed by atoms with Crippen LogP contribution in [0, 0.1) is 6.92 Å². The first-order chi connectivity index (χ1) is 11.8. The van der Waals surface area contributed by atoms with Crippen LogP contribution in [0.3, 0.4) is 0 Å². The number of hydrogen-bond acceptors (Lipinski definition) is 4. The summed E-state index contributed by atoms with van der Waals surface area (Å²) in [4.78, 5) is 23.5. The van der Waals surface area contributed by atoms with Gasteiger partial charge in [-0.25, -0.2) is 4.79 Å². The zero-order chi connectivity index (χ0) is 18.6. The van der Waals surface area contributed by atoms with Gasteiger partial charge in [-0.1, -0.05) is 17.7 Å². The quantitative estimate of drug-likeness (QED) is 0.706. The van der Waals surface area contributed by atoms with Gasteiger partial charge in [0.05, 0.1) is 18.2 Å². The molecule has 0 radical (unpaired) electrons. The number of halogens is 1. The summed E-state index contributed by atoms with van der Waals surface area (Å²) in [6.45, 7) is 1.65. The number of benzene rings is 2. The van der Waals surface area contributed by atoms with Crippen molar-refractivity contribution in [1.29, 1.82) is 0 Å². The molecule has 25 heavy (non-hydrogen) atoms. The number of aromatic carboxylic acids is 1. The van der Waals surface area contributed by atoms with Crippen molar-refractivity contribution in [2.75, 3.05) is 12.4 Å². The van der Waals surface area contributed by atoms with Crippen LogP contribution in [0.25, 0.3) is 0 Å².